The second kappa shape index (κ2) is 6.01. The first-order valence-corrected chi connectivity index (χ1v) is 7.95. The molecule has 3 nitrogen and oxygen atoms in total. The topological polar surface area (TPSA) is 29.1 Å². The molecule has 0 heterocycles. The number of quaternary nitrogens is 1. The quantitative estimate of drug-likeness (QED) is 0.581. The summed E-state index contributed by atoms with van der Waals surface area (Å²) in [5.41, 5.74) is 0.778. The molecule has 1 N–H and O–H groups in total. The van der Waals surface area contributed by atoms with E-state index in [1.54, 1.807) is 0 Å². The van der Waals surface area contributed by atoms with E-state index in [1.807, 2.05) is 36.4 Å². The summed E-state index contributed by atoms with van der Waals surface area (Å²) in [4.78, 5) is 12.8. The Morgan fingerprint density at radius 2 is 1.43 bits per heavy atom. The summed E-state index contributed by atoms with van der Waals surface area (Å²) in [5.74, 6) is 0.00597. The molecule has 0 bridgehead atoms. The molecule has 23 heavy (non-hydrogen) atoms. The van der Waals surface area contributed by atoms with Gasteiger partial charge in [0.05, 0.1) is 39.8 Å². The molecule has 118 valence electrons. The van der Waals surface area contributed by atoms with Crippen molar-refractivity contribution in [2.45, 2.75) is 0 Å². The van der Waals surface area contributed by atoms with Gasteiger partial charge in [-0.2, -0.15) is 0 Å². The third-order valence-electron chi connectivity index (χ3n) is 4.07. The number of rotatable bonds is 4. The summed E-state index contributed by atoms with van der Waals surface area (Å²) in [6.45, 7) is 1.56. The van der Waals surface area contributed by atoms with Crippen molar-refractivity contribution >= 4 is 27.5 Å². The SMILES string of the molecule is C[N+](C)(C)CCNC(=O)c1c2ccccc2cc2ccccc12. The Bertz CT molecular complexity index is 808. The minimum absolute atomic E-state index is 0.00597. The summed E-state index contributed by atoms with van der Waals surface area (Å²) in [7, 11) is 6.37. The fourth-order valence-electron chi connectivity index (χ4n) is 2.85. The van der Waals surface area contributed by atoms with Crippen molar-refractivity contribution in [3.05, 3.63) is 60.2 Å². The maximum Gasteiger partial charge on any atom is 0.252 e. The Kier molecular flexibility index (Phi) is 4.05. The third kappa shape index (κ3) is 3.35. The van der Waals surface area contributed by atoms with Crippen molar-refractivity contribution in [3.8, 4) is 0 Å². The Morgan fingerprint density at radius 1 is 0.913 bits per heavy atom. The van der Waals surface area contributed by atoms with Gasteiger partial charge in [-0.3, -0.25) is 4.79 Å². The number of hydrogen-bond donors (Lipinski definition) is 1. The van der Waals surface area contributed by atoms with Crippen molar-refractivity contribution in [1.82, 2.24) is 5.32 Å². The van der Waals surface area contributed by atoms with Crippen molar-refractivity contribution < 1.29 is 9.28 Å². The van der Waals surface area contributed by atoms with Crippen LogP contribution in [-0.2, 0) is 0 Å². The van der Waals surface area contributed by atoms with Crippen LogP contribution in [0.15, 0.2) is 54.6 Å². The lowest BCUT2D eigenvalue weighted by Gasteiger charge is -2.24. The van der Waals surface area contributed by atoms with Gasteiger partial charge in [-0.1, -0.05) is 48.5 Å². The van der Waals surface area contributed by atoms with Crippen molar-refractivity contribution in [2.75, 3.05) is 34.2 Å². The van der Waals surface area contributed by atoms with Crippen LogP contribution in [-0.4, -0.2) is 44.6 Å². The second-order valence-corrected chi connectivity index (χ2v) is 6.96. The van der Waals surface area contributed by atoms with Gasteiger partial charge in [0.2, 0.25) is 0 Å². The molecule has 0 unspecified atom stereocenters. The highest BCUT2D eigenvalue weighted by molar-refractivity contribution is 6.18. The molecule has 0 atom stereocenters. The number of nitrogens with zero attached hydrogens (tertiary/aromatic N) is 1. The van der Waals surface area contributed by atoms with Gasteiger partial charge in [-0.15, -0.1) is 0 Å². The van der Waals surface area contributed by atoms with Crippen LogP contribution in [0, 0.1) is 0 Å². The highest BCUT2D eigenvalue weighted by Gasteiger charge is 2.15. The van der Waals surface area contributed by atoms with E-state index in [4.69, 9.17) is 0 Å². The van der Waals surface area contributed by atoms with E-state index in [9.17, 15) is 4.79 Å². The van der Waals surface area contributed by atoms with E-state index in [-0.39, 0.29) is 5.91 Å². The highest BCUT2D eigenvalue weighted by Crippen LogP contribution is 2.28. The van der Waals surface area contributed by atoms with Crippen molar-refractivity contribution in [2.24, 2.45) is 0 Å². The Morgan fingerprint density at radius 3 is 1.96 bits per heavy atom. The molecule has 0 aliphatic heterocycles. The van der Waals surface area contributed by atoms with E-state index in [0.717, 1.165) is 38.1 Å². The molecule has 1 amide bonds. The minimum Gasteiger partial charge on any atom is -0.346 e. The maximum atomic E-state index is 12.8. The number of carbonyl (C=O) groups is 1. The molecule has 0 fully saturated rings. The van der Waals surface area contributed by atoms with E-state index < -0.39 is 0 Å². The van der Waals surface area contributed by atoms with Crippen molar-refractivity contribution in [3.63, 3.8) is 0 Å². The van der Waals surface area contributed by atoms with Crippen LogP contribution >= 0.6 is 0 Å². The summed E-state index contributed by atoms with van der Waals surface area (Å²) >= 11 is 0. The molecule has 3 rings (SSSR count). The van der Waals surface area contributed by atoms with E-state index in [1.165, 1.54) is 0 Å². The first kappa shape index (κ1) is 15.5. The number of likely N-dealkylation sites (N-methyl/N-ethyl adjacent to an activating group) is 1. The number of amides is 1. The lowest BCUT2D eigenvalue weighted by molar-refractivity contribution is -0.869. The zero-order valence-corrected chi connectivity index (χ0v) is 14.0. The average molecular weight is 307 g/mol. The Labute approximate surface area is 137 Å². The number of hydrogen-bond acceptors (Lipinski definition) is 1. The molecule has 3 heteroatoms. The van der Waals surface area contributed by atoms with Crippen LogP contribution in [0.1, 0.15) is 10.4 Å². The molecule has 0 spiro atoms. The molecular weight excluding hydrogens is 284 g/mol. The average Bonchev–Trinajstić information content (AvgIpc) is 2.51. The maximum absolute atomic E-state index is 12.8. The summed E-state index contributed by atoms with van der Waals surface area (Å²) in [6, 6.07) is 18.3. The summed E-state index contributed by atoms with van der Waals surface area (Å²) in [5, 5.41) is 7.30. The molecule has 0 aliphatic rings. The van der Waals surface area contributed by atoms with Gasteiger partial charge >= 0.3 is 0 Å². The fourth-order valence-corrected chi connectivity index (χ4v) is 2.85. The summed E-state index contributed by atoms with van der Waals surface area (Å²) in [6.07, 6.45) is 0. The smallest absolute Gasteiger partial charge is 0.252 e. The normalized spacial score (nSPS) is 11.8. The van der Waals surface area contributed by atoms with Crippen LogP contribution in [0.2, 0.25) is 0 Å². The molecule has 0 radical (unpaired) electrons. The van der Waals surface area contributed by atoms with Crippen LogP contribution in [0.3, 0.4) is 0 Å². The molecule has 0 aromatic heterocycles. The predicted molar refractivity (Wildman–Crippen MR) is 96.7 cm³/mol. The number of fused-ring (bicyclic) bond motifs is 2. The Hall–Kier alpha value is -2.39. The minimum atomic E-state index is 0.00597. The van der Waals surface area contributed by atoms with Gasteiger partial charge in [0.25, 0.3) is 5.91 Å². The molecular formula is C20H23N2O+. The van der Waals surface area contributed by atoms with Crippen molar-refractivity contribution in [1.29, 1.82) is 0 Å². The highest BCUT2D eigenvalue weighted by atomic mass is 16.1. The lowest BCUT2D eigenvalue weighted by Crippen LogP contribution is -2.41. The molecule has 0 aliphatic carbocycles. The molecule has 3 aromatic carbocycles. The molecule has 0 saturated carbocycles. The van der Waals surface area contributed by atoms with Crippen LogP contribution < -0.4 is 5.32 Å². The number of benzene rings is 3. The second-order valence-electron chi connectivity index (χ2n) is 6.96. The Balaban J connectivity index is 2.04. The van der Waals surface area contributed by atoms with Gasteiger partial charge in [0.1, 0.15) is 0 Å². The number of nitrogens with one attached hydrogen (secondary N) is 1. The largest absolute Gasteiger partial charge is 0.346 e. The van der Waals surface area contributed by atoms with Gasteiger partial charge < -0.3 is 9.80 Å². The van der Waals surface area contributed by atoms with Crippen LogP contribution in [0.4, 0.5) is 0 Å². The van der Waals surface area contributed by atoms with Gasteiger partial charge in [-0.05, 0) is 27.6 Å². The summed E-state index contributed by atoms with van der Waals surface area (Å²) < 4.78 is 0.830. The van der Waals surface area contributed by atoms with Gasteiger partial charge in [-0.25, -0.2) is 0 Å². The third-order valence-corrected chi connectivity index (χ3v) is 4.07. The van der Waals surface area contributed by atoms with E-state index in [0.29, 0.717) is 6.54 Å². The first-order chi connectivity index (χ1) is 11.0. The van der Waals surface area contributed by atoms with Gasteiger partial charge in [0.15, 0.2) is 0 Å². The van der Waals surface area contributed by atoms with Crippen LogP contribution in [0.5, 0.6) is 0 Å². The lowest BCUT2D eigenvalue weighted by atomic mass is 9.96. The van der Waals surface area contributed by atoms with E-state index in [2.05, 4.69) is 44.7 Å². The zero-order valence-electron chi connectivity index (χ0n) is 14.0. The monoisotopic (exact) mass is 307 g/mol. The number of carbonyl (C=O) groups excluding carboxylic acids is 1. The molecule has 0 saturated heterocycles. The standard InChI is InChI=1S/C20H22N2O/c1-22(2,3)13-12-21-20(23)19-17-10-6-4-8-15(17)14-16-9-5-7-11-18(16)19/h4-11,14H,12-13H2,1-3H3/p+1. The van der Waals surface area contributed by atoms with Crippen LogP contribution in [0.25, 0.3) is 21.5 Å². The molecule has 3 aromatic rings. The van der Waals surface area contributed by atoms with E-state index >= 15 is 0 Å². The van der Waals surface area contributed by atoms with Gasteiger partial charge in [0, 0.05) is 0 Å². The predicted octanol–water partition coefficient (Wildman–Crippen LogP) is 3.43. The first-order valence-electron chi connectivity index (χ1n) is 7.95. The fraction of sp³-hybridized carbons (Fsp3) is 0.250. The zero-order chi connectivity index (χ0) is 16.4.